The van der Waals surface area contributed by atoms with Crippen LogP contribution in [0.3, 0.4) is 0 Å². The lowest BCUT2D eigenvalue weighted by molar-refractivity contribution is 0.451. The number of nitrogen functional groups attached to an aromatic ring is 1. The number of anilines is 2. The van der Waals surface area contributed by atoms with Crippen molar-refractivity contribution in [1.29, 1.82) is 0 Å². The van der Waals surface area contributed by atoms with Crippen molar-refractivity contribution in [3.8, 4) is 0 Å². The number of rotatable bonds is 3. The number of thioether (sulfide) groups is 1. The molecule has 1 aliphatic rings. The maximum Gasteiger partial charge on any atom is 0.222 e. The molecule has 17 heavy (non-hydrogen) atoms. The Morgan fingerprint density at radius 1 is 1.53 bits per heavy atom. The molecule has 1 aromatic heterocycles. The van der Waals surface area contributed by atoms with Crippen LogP contribution in [0.5, 0.6) is 0 Å². The average molecular weight is 252 g/mol. The van der Waals surface area contributed by atoms with Gasteiger partial charge in [0.15, 0.2) is 0 Å². The fraction of sp³-hybridized carbons (Fsp3) is 0.667. The highest BCUT2D eigenvalue weighted by molar-refractivity contribution is 7.98. The van der Waals surface area contributed by atoms with Crippen LogP contribution in [0.25, 0.3) is 0 Å². The highest BCUT2D eigenvalue weighted by Crippen LogP contribution is 2.24. The molecule has 0 radical (unpaired) electrons. The molecule has 1 saturated heterocycles. The fourth-order valence-corrected chi connectivity index (χ4v) is 3.12. The van der Waals surface area contributed by atoms with Crippen molar-refractivity contribution >= 4 is 23.5 Å². The minimum atomic E-state index is 0.381. The largest absolute Gasteiger partial charge is 0.368 e. The molecule has 5 heteroatoms. The number of hydrogen-bond acceptors (Lipinski definition) is 5. The molecule has 0 saturated carbocycles. The van der Waals surface area contributed by atoms with E-state index in [2.05, 4.69) is 21.1 Å². The van der Waals surface area contributed by atoms with Crippen LogP contribution in [0.1, 0.15) is 18.5 Å². The Kier molecular flexibility index (Phi) is 4.10. The van der Waals surface area contributed by atoms with E-state index in [1.807, 2.05) is 24.8 Å². The molecule has 0 unspecified atom stereocenters. The minimum Gasteiger partial charge on any atom is -0.368 e. The van der Waals surface area contributed by atoms with E-state index < -0.39 is 0 Å². The Balaban J connectivity index is 2.10. The minimum absolute atomic E-state index is 0.381. The number of hydrogen-bond donors (Lipinski definition) is 1. The van der Waals surface area contributed by atoms with Crippen molar-refractivity contribution in [2.45, 2.75) is 19.8 Å². The zero-order valence-electron chi connectivity index (χ0n) is 10.5. The summed E-state index contributed by atoms with van der Waals surface area (Å²) in [5.41, 5.74) is 6.65. The lowest BCUT2D eigenvalue weighted by atomic mass is 10.00. The number of nitrogens with zero attached hydrogens (tertiary/aromatic N) is 3. The van der Waals surface area contributed by atoms with Gasteiger partial charge in [0.1, 0.15) is 5.82 Å². The molecule has 4 nitrogen and oxygen atoms in total. The van der Waals surface area contributed by atoms with Crippen LogP contribution in [0.4, 0.5) is 11.8 Å². The third kappa shape index (κ3) is 3.25. The smallest absolute Gasteiger partial charge is 0.222 e. The predicted molar refractivity (Wildman–Crippen MR) is 74.5 cm³/mol. The van der Waals surface area contributed by atoms with Gasteiger partial charge in [-0.15, -0.1) is 0 Å². The lowest BCUT2D eigenvalue weighted by Gasteiger charge is -2.33. The number of piperidine rings is 1. The highest BCUT2D eigenvalue weighted by Gasteiger charge is 2.20. The molecule has 94 valence electrons. The summed E-state index contributed by atoms with van der Waals surface area (Å²) in [6.07, 6.45) is 4.75. The van der Waals surface area contributed by atoms with Gasteiger partial charge in [-0.05, 0) is 37.7 Å². The molecule has 1 aliphatic heterocycles. The van der Waals surface area contributed by atoms with Crippen LogP contribution in [-0.4, -0.2) is 35.1 Å². The molecule has 0 bridgehead atoms. The van der Waals surface area contributed by atoms with E-state index in [4.69, 9.17) is 5.73 Å². The summed E-state index contributed by atoms with van der Waals surface area (Å²) in [5.74, 6) is 3.37. The second-order valence-electron chi connectivity index (χ2n) is 4.64. The van der Waals surface area contributed by atoms with Gasteiger partial charge in [-0.25, -0.2) is 4.98 Å². The van der Waals surface area contributed by atoms with Crippen LogP contribution in [0.2, 0.25) is 0 Å². The first-order valence-corrected chi connectivity index (χ1v) is 7.43. The molecular weight excluding hydrogens is 232 g/mol. The van der Waals surface area contributed by atoms with Crippen LogP contribution in [0.15, 0.2) is 6.07 Å². The normalized spacial score (nSPS) is 20.6. The molecule has 2 heterocycles. The summed E-state index contributed by atoms with van der Waals surface area (Å²) in [6.45, 7) is 4.14. The number of aryl methyl sites for hydroxylation is 1. The van der Waals surface area contributed by atoms with Gasteiger partial charge in [-0.3, -0.25) is 0 Å². The molecule has 1 fully saturated rings. The Bertz CT molecular complexity index is 361. The van der Waals surface area contributed by atoms with Gasteiger partial charge >= 0.3 is 0 Å². The van der Waals surface area contributed by atoms with E-state index >= 15 is 0 Å². The van der Waals surface area contributed by atoms with E-state index in [-0.39, 0.29) is 0 Å². The SMILES string of the molecule is CSC[C@@H]1CCCN(c2cc(C)nc(N)n2)C1. The zero-order valence-corrected chi connectivity index (χ0v) is 11.3. The van der Waals surface area contributed by atoms with E-state index in [0.717, 1.165) is 30.5 Å². The van der Waals surface area contributed by atoms with Crippen molar-refractivity contribution in [2.75, 3.05) is 35.7 Å². The van der Waals surface area contributed by atoms with Crippen LogP contribution in [-0.2, 0) is 0 Å². The molecule has 2 N–H and O–H groups in total. The summed E-state index contributed by atoms with van der Waals surface area (Å²) in [4.78, 5) is 10.8. The van der Waals surface area contributed by atoms with Crippen LogP contribution in [0, 0.1) is 12.8 Å². The third-order valence-electron chi connectivity index (χ3n) is 3.10. The summed E-state index contributed by atoms with van der Waals surface area (Å²) >= 11 is 1.93. The molecule has 0 aliphatic carbocycles. The number of nitrogens with two attached hydrogens (primary N) is 1. The molecular formula is C12H20N4S. The monoisotopic (exact) mass is 252 g/mol. The van der Waals surface area contributed by atoms with Crippen molar-refractivity contribution in [1.82, 2.24) is 9.97 Å². The first-order chi connectivity index (χ1) is 8.19. The predicted octanol–water partition coefficient (Wildman–Crippen LogP) is 1.95. The standard InChI is InChI=1S/C12H20N4S/c1-9-6-11(15-12(13)14-9)16-5-3-4-10(7-16)8-17-2/h6,10H,3-5,7-8H2,1-2H3,(H2,13,14,15)/t10-/m1/s1. The Labute approximate surface area is 107 Å². The molecule has 0 amide bonds. The van der Waals surface area contributed by atoms with E-state index in [9.17, 15) is 0 Å². The van der Waals surface area contributed by atoms with Gasteiger partial charge in [-0.2, -0.15) is 16.7 Å². The maximum atomic E-state index is 5.71. The topological polar surface area (TPSA) is 55.0 Å². The summed E-state index contributed by atoms with van der Waals surface area (Å²) in [5, 5.41) is 0. The van der Waals surface area contributed by atoms with Gasteiger partial charge in [0.2, 0.25) is 5.95 Å². The van der Waals surface area contributed by atoms with Crippen molar-refractivity contribution in [3.63, 3.8) is 0 Å². The van der Waals surface area contributed by atoms with Crippen molar-refractivity contribution in [2.24, 2.45) is 5.92 Å². The first-order valence-electron chi connectivity index (χ1n) is 6.04. The zero-order chi connectivity index (χ0) is 12.3. The quantitative estimate of drug-likeness (QED) is 0.891. The maximum absolute atomic E-state index is 5.71. The summed E-state index contributed by atoms with van der Waals surface area (Å²) < 4.78 is 0. The first kappa shape index (κ1) is 12.5. The Morgan fingerprint density at radius 2 is 2.35 bits per heavy atom. The lowest BCUT2D eigenvalue weighted by Crippen LogP contribution is -2.37. The Morgan fingerprint density at radius 3 is 3.06 bits per heavy atom. The summed E-state index contributed by atoms with van der Waals surface area (Å²) in [7, 11) is 0. The number of aromatic nitrogens is 2. The molecule has 0 spiro atoms. The van der Waals surface area contributed by atoms with Gasteiger partial charge in [0, 0.05) is 24.8 Å². The third-order valence-corrected chi connectivity index (χ3v) is 3.91. The molecule has 0 aromatic carbocycles. The van der Waals surface area contributed by atoms with Crippen molar-refractivity contribution in [3.05, 3.63) is 11.8 Å². The van der Waals surface area contributed by atoms with E-state index in [0.29, 0.717) is 5.95 Å². The van der Waals surface area contributed by atoms with Crippen LogP contribution < -0.4 is 10.6 Å². The molecule has 1 atom stereocenters. The van der Waals surface area contributed by atoms with Gasteiger partial charge in [0.25, 0.3) is 0 Å². The van der Waals surface area contributed by atoms with Gasteiger partial charge < -0.3 is 10.6 Å². The second-order valence-corrected chi connectivity index (χ2v) is 5.55. The second kappa shape index (κ2) is 5.58. The van der Waals surface area contributed by atoms with Gasteiger partial charge in [-0.1, -0.05) is 0 Å². The van der Waals surface area contributed by atoms with E-state index in [1.165, 1.54) is 18.6 Å². The van der Waals surface area contributed by atoms with Crippen LogP contribution >= 0.6 is 11.8 Å². The average Bonchev–Trinajstić information content (AvgIpc) is 2.28. The Hall–Kier alpha value is -0.970. The fourth-order valence-electron chi connectivity index (χ4n) is 2.38. The highest BCUT2D eigenvalue weighted by atomic mass is 32.2. The van der Waals surface area contributed by atoms with E-state index in [1.54, 1.807) is 0 Å². The molecule has 2 rings (SSSR count). The molecule has 1 aromatic rings. The van der Waals surface area contributed by atoms with Gasteiger partial charge in [0.05, 0.1) is 0 Å². The van der Waals surface area contributed by atoms with Crippen molar-refractivity contribution < 1.29 is 0 Å². The summed E-state index contributed by atoms with van der Waals surface area (Å²) in [6, 6.07) is 2.03.